The van der Waals surface area contributed by atoms with E-state index in [0.717, 1.165) is 63.3 Å². The monoisotopic (exact) mass is 455 g/mol. The lowest BCUT2D eigenvalue weighted by Gasteiger charge is -2.27. The molecule has 2 unspecified atom stereocenters. The molecule has 1 aromatic carbocycles. The minimum Gasteiger partial charge on any atom is -0.336 e. The van der Waals surface area contributed by atoms with E-state index in [9.17, 15) is 4.79 Å². The predicted octanol–water partition coefficient (Wildman–Crippen LogP) is 2.94. The van der Waals surface area contributed by atoms with E-state index in [2.05, 4.69) is 71.4 Å². The number of carbonyl (C=O) groups is 1. The van der Waals surface area contributed by atoms with Gasteiger partial charge in [-0.3, -0.25) is 20.4 Å². The van der Waals surface area contributed by atoms with E-state index in [-0.39, 0.29) is 5.91 Å². The lowest BCUT2D eigenvalue weighted by molar-refractivity contribution is -0.126. The van der Waals surface area contributed by atoms with Crippen molar-refractivity contribution in [1.29, 1.82) is 0 Å². The van der Waals surface area contributed by atoms with Gasteiger partial charge in [-0.25, -0.2) is 0 Å². The molecule has 2 atom stereocenters. The highest BCUT2D eigenvalue weighted by atomic mass is 32.2. The van der Waals surface area contributed by atoms with Gasteiger partial charge in [-0.05, 0) is 45.3 Å². The summed E-state index contributed by atoms with van der Waals surface area (Å²) < 4.78 is 0. The molecule has 0 aromatic heterocycles. The van der Waals surface area contributed by atoms with E-state index in [1.54, 1.807) is 11.8 Å². The molecule has 3 N–H and O–H groups in total. The molecule has 6 nitrogen and oxygen atoms in total. The fourth-order valence-corrected chi connectivity index (χ4v) is 4.89. The number of carbonyl (C=O) groups excluding carboxylic acids is 1. The van der Waals surface area contributed by atoms with E-state index in [0.29, 0.717) is 5.25 Å². The van der Waals surface area contributed by atoms with Crippen LogP contribution < -0.4 is 16.0 Å². The first-order valence-corrected chi connectivity index (χ1v) is 12.5. The summed E-state index contributed by atoms with van der Waals surface area (Å²) in [7, 11) is 1.93. The number of piperazine rings is 1. The van der Waals surface area contributed by atoms with Gasteiger partial charge in [0.25, 0.3) is 5.91 Å². The van der Waals surface area contributed by atoms with Crippen molar-refractivity contribution in [2.24, 2.45) is 4.99 Å². The van der Waals surface area contributed by atoms with Crippen molar-refractivity contribution in [3.05, 3.63) is 59.0 Å². The molecular formula is C25H37N5OS. The van der Waals surface area contributed by atoms with Crippen molar-refractivity contribution < 1.29 is 4.79 Å². The molecule has 2 heterocycles. The molecule has 1 aromatic rings. The molecule has 2 aliphatic rings. The Morgan fingerprint density at radius 1 is 1.31 bits per heavy atom. The molecule has 0 bridgehead atoms. The number of hydrogen-bond donors (Lipinski definition) is 3. The molecular weight excluding hydrogens is 418 g/mol. The highest BCUT2D eigenvalue weighted by molar-refractivity contribution is 8.05. The van der Waals surface area contributed by atoms with Crippen molar-refractivity contribution in [3.8, 4) is 0 Å². The van der Waals surface area contributed by atoms with Crippen molar-refractivity contribution in [2.75, 3.05) is 39.8 Å². The molecule has 1 amide bonds. The summed E-state index contributed by atoms with van der Waals surface area (Å²) in [5.41, 5.74) is 1.37. The smallest absolute Gasteiger partial charge is 0.260 e. The average Bonchev–Trinajstić information content (AvgIpc) is 3.31. The number of rotatable bonds is 11. The second-order valence-electron chi connectivity index (χ2n) is 8.32. The van der Waals surface area contributed by atoms with Crippen LogP contribution in [0.2, 0.25) is 0 Å². The fourth-order valence-electron chi connectivity index (χ4n) is 3.76. The molecule has 1 saturated heterocycles. The van der Waals surface area contributed by atoms with Gasteiger partial charge in [0.1, 0.15) is 0 Å². The van der Waals surface area contributed by atoms with Gasteiger partial charge >= 0.3 is 0 Å². The minimum absolute atomic E-state index is 0.192. The van der Waals surface area contributed by atoms with Crippen LogP contribution >= 0.6 is 11.8 Å². The summed E-state index contributed by atoms with van der Waals surface area (Å²) in [5, 5.41) is 10.4. The Balaban J connectivity index is 1.35. The van der Waals surface area contributed by atoms with Crippen molar-refractivity contribution >= 4 is 23.9 Å². The highest BCUT2D eigenvalue weighted by Gasteiger charge is 2.25. The largest absolute Gasteiger partial charge is 0.336 e. The normalized spacial score (nSPS) is 21.2. The second kappa shape index (κ2) is 12.9. The van der Waals surface area contributed by atoms with Crippen LogP contribution in [-0.4, -0.2) is 67.8 Å². The zero-order valence-electron chi connectivity index (χ0n) is 19.3. The van der Waals surface area contributed by atoms with Crippen LogP contribution in [0, 0.1) is 0 Å². The Morgan fingerprint density at radius 2 is 2.09 bits per heavy atom. The lowest BCUT2D eigenvalue weighted by Crippen LogP contribution is -2.51. The molecule has 2 aliphatic heterocycles. The third kappa shape index (κ3) is 7.89. The maximum absolute atomic E-state index is 12.6. The summed E-state index contributed by atoms with van der Waals surface area (Å²) in [4.78, 5) is 20.2. The predicted molar refractivity (Wildman–Crippen MR) is 136 cm³/mol. The topological polar surface area (TPSA) is 68.8 Å². The molecule has 0 saturated carbocycles. The number of aliphatic imine (C=N–C) groups is 1. The van der Waals surface area contributed by atoms with Crippen LogP contribution in [0.15, 0.2) is 58.5 Å². The van der Waals surface area contributed by atoms with E-state index < -0.39 is 5.79 Å². The molecule has 174 valence electrons. The maximum Gasteiger partial charge on any atom is 0.260 e. The summed E-state index contributed by atoms with van der Waals surface area (Å²) in [5.74, 6) is -0.269. The summed E-state index contributed by atoms with van der Waals surface area (Å²) in [6.45, 7) is 6.34. The van der Waals surface area contributed by atoms with Gasteiger partial charge in [-0.1, -0.05) is 48.6 Å². The van der Waals surface area contributed by atoms with Crippen LogP contribution in [0.1, 0.15) is 31.7 Å². The number of hydrogen-bond acceptors (Lipinski definition) is 6. The van der Waals surface area contributed by atoms with Crippen LogP contribution in [0.5, 0.6) is 0 Å². The van der Waals surface area contributed by atoms with Gasteiger partial charge in [0.2, 0.25) is 0 Å². The van der Waals surface area contributed by atoms with Gasteiger partial charge in [-0.2, -0.15) is 0 Å². The molecule has 1 fully saturated rings. The molecule has 3 rings (SSSR count). The van der Waals surface area contributed by atoms with Gasteiger partial charge in [-0.15, -0.1) is 11.8 Å². The first kappa shape index (κ1) is 24.7. The Labute approximate surface area is 197 Å². The average molecular weight is 456 g/mol. The Kier molecular flexibility index (Phi) is 9.99. The quantitative estimate of drug-likeness (QED) is 0.207. The fraction of sp³-hybridized carbons (Fsp3) is 0.520. The maximum atomic E-state index is 12.6. The van der Waals surface area contributed by atoms with E-state index in [1.165, 1.54) is 5.56 Å². The van der Waals surface area contributed by atoms with Crippen LogP contribution in [0.25, 0.3) is 0 Å². The van der Waals surface area contributed by atoms with Crippen molar-refractivity contribution in [1.82, 2.24) is 20.9 Å². The minimum atomic E-state index is -0.461. The summed E-state index contributed by atoms with van der Waals surface area (Å²) in [6.07, 6.45) is 12.2. The Morgan fingerprint density at radius 3 is 2.84 bits per heavy atom. The second-order valence-corrected chi connectivity index (χ2v) is 9.60. The SMILES string of the molecule is CNC(C)(/N=C\C/C=C\C1CC=C(C(=O)N2CCNCC2)S1)NCCCc1ccccc1. The molecule has 7 heteroatoms. The lowest BCUT2D eigenvalue weighted by atomic mass is 10.1. The first-order valence-electron chi connectivity index (χ1n) is 11.6. The van der Waals surface area contributed by atoms with E-state index in [1.807, 2.05) is 18.2 Å². The third-order valence-corrected chi connectivity index (χ3v) is 7.06. The number of thioether (sulfide) groups is 1. The number of amides is 1. The number of nitrogens with zero attached hydrogens (tertiary/aromatic N) is 2. The van der Waals surface area contributed by atoms with Crippen LogP contribution in [0.4, 0.5) is 0 Å². The number of aryl methyl sites for hydroxylation is 1. The Bertz CT molecular complexity index is 804. The third-order valence-electron chi connectivity index (χ3n) is 5.81. The number of nitrogens with one attached hydrogen (secondary N) is 3. The molecule has 0 aliphatic carbocycles. The zero-order chi connectivity index (χ0) is 22.7. The molecule has 32 heavy (non-hydrogen) atoms. The van der Waals surface area contributed by atoms with Gasteiger partial charge in [0.15, 0.2) is 5.79 Å². The molecule has 0 spiro atoms. The van der Waals surface area contributed by atoms with Crippen LogP contribution in [0.3, 0.4) is 0 Å². The zero-order valence-corrected chi connectivity index (χ0v) is 20.2. The van der Waals surface area contributed by atoms with Crippen molar-refractivity contribution in [3.63, 3.8) is 0 Å². The van der Waals surface area contributed by atoms with Gasteiger partial charge in [0.05, 0.1) is 4.91 Å². The van der Waals surface area contributed by atoms with E-state index in [4.69, 9.17) is 4.99 Å². The van der Waals surface area contributed by atoms with Crippen LogP contribution in [-0.2, 0) is 11.2 Å². The standard InChI is InChI=1S/C25H37N5OS/c1-25(26-2,29-16-8-11-21-9-4-3-5-10-21)28-15-7-6-12-22-13-14-23(32-22)24(31)30-19-17-27-18-20-30/h3-6,9-10,12,14-15,22,26-27,29H,7-8,11,13,16-20H2,1-2H3/b12-6-,28-15-. The van der Waals surface area contributed by atoms with Gasteiger partial charge in [0, 0.05) is 44.1 Å². The van der Waals surface area contributed by atoms with Gasteiger partial charge < -0.3 is 10.2 Å². The molecule has 0 radical (unpaired) electrons. The summed E-state index contributed by atoms with van der Waals surface area (Å²) >= 11 is 1.69. The highest BCUT2D eigenvalue weighted by Crippen LogP contribution is 2.34. The first-order chi connectivity index (χ1) is 15.6. The van der Waals surface area contributed by atoms with Crippen molar-refractivity contribution in [2.45, 2.75) is 43.6 Å². The number of allylic oxidation sites excluding steroid dienone is 2. The summed E-state index contributed by atoms with van der Waals surface area (Å²) in [6, 6.07) is 10.6. The van der Waals surface area contributed by atoms with E-state index >= 15 is 0 Å². The number of benzene rings is 1. The Hall–Kier alpha value is -1.93.